The molecule has 5 aliphatic carbocycles. The van der Waals surface area contributed by atoms with Gasteiger partial charge >= 0.3 is 6.18 Å². The maximum absolute atomic E-state index is 12.5. The largest absolute Gasteiger partial charge is 0.417 e. The normalized spacial score (nSPS) is 75.0. The number of aliphatic hydroxyl groups is 1. The molecule has 0 aromatic rings. The van der Waals surface area contributed by atoms with E-state index < -0.39 is 23.6 Å². The molecule has 0 aromatic carbocycles. The summed E-state index contributed by atoms with van der Waals surface area (Å²) in [6, 6.07) is 0. The van der Waals surface area contributed by atoms with E-state index in [0.717, 1.165) is 0 Å². The molecule has 5 rings (SSSR count). The molecule has 2 bridgehead atoms. The number of rotatable bonds is 0. The van der Waals surface area contributed by atoms with Crippen LogP contribution in [0.15, 0.2) is 0 Å². The third kappa shape index (κ3) is 0.314. The van der Waals surface area contributed by atoms with Crippen molar-refractivity contribution in [2.24, 2.45) is 35.5 Å². The maximum Gasteiger partial charge on any atom is 0.417 e. The van der Waals surface area contributed by atoms with Crippen molar-refractivity contribution in [2.45, 2.75) is 11.8 Å². The van der Waals surface area contributed by atoms with Gasteiger partial charge in [-0.2, -0.15) is 13.2 Å². The van der Waals surface area contributed by atoms with E-state index in [1.54, 1.807) is 0 Å². The van der Waals surface area contributed by atoms with Crippen LogP contribution in [0.5, 0.6) is 0 Å². The lowest BCUT2D eigenvalue weighted by Crippen LogP contribution is -2.47. The van der Waals surface area contributed by atoms with Gasteiger partial charge in [0.2, 0.25) is 0 Å². The zero-order valence-corrected chi connectivity index (χ0v) is 6.05. The SMILES string of the molecule is OC1(C(F)(F)F)C2C3C2C2C3C21. The van der Waals surface area contributed by atoms with Crippen LogP contribution in [0.25, 0.3) is 0 Å². The van der Waals surface area contributed by atoms with Crippen molar-refractivity contribution in [2.75, 3.05) is 0 Å². The average molecular weight is 176 g/mol. The highest BCUT2D eigenvalue weighted by atomic mass is 19.4. The van der Waals surface area contributed by atoms with E-state index in [9.17, 15) is 18.3 Å². The molecular weight excluding hydrogens is 169 g/mol. The molecule has 0 atom stereocenters. The van der Waals surface area contributed by atoms with Crippen molar-refractivity contribution in [3.63, 3.8) is 0 Å². The Bertz CT molecular complexity index is 253. The minimum atomic E-state index is -4.38. The van der Waals surface area contributed by atoms with Crippen LogP contribution in [0.3, 0.4) is 0 Å². The fraction of sp³-hybridized carbons (Fsp3) is 1.00. The van der Waals surface area contributed by atoms with Gasteiger partial charge in [0.15, 0.2) is 5.60 Å². The van der Waals surface area contributed by atoms with Gasteiger partial charge < -0.3 is 5.11 Å². The fourth-order valence-electron chi connectivity index (χ4n) is 4.33. The maximum atomic E-state index is 12.5. The second-order valence-electron chi connectivity index (χ2n) is 4.68. The summed E-state index contributed by atoms with van der Waals surface area (Å²) in [4.78, 5) is 0. The Kier molecular flexibility index (Phi) is 0.601. The molecule has 66 valence electrons. The second kappa shape index (κ2) is 1.15. The lowest BCUT2D eigenvalue weighted by Gasteiger charge is -2.27. The van der Waals surface area contributed by atoms with Crippen molar-refractivity contribution in [3.05, 3.63) is 0 Å². The van der Waals surface area contributed by atoms with Crippen LogP contribution < -0.4 is 0 Å². The number of hydrogen-bond acceptors (Lipinski definition) is 1. The monoisotopic (exact) mass is 176 g/mol. The number of alkyl halides is 3. The minimum Gasteiger partial charge on any atom is -0.380 e. The summed E-state index contributed by atoms with van der Waals surface area (Å²) >= 11 is 0. The summed E-state index contributed by atoms with van der Waals surface area (Å²) < 4.78 is 37.4. The standard InChI is InChI=1S/C8H7F3O/c9-8(10,11)7(12)5-1-2(5)4-3(1)6(4)7/h1-6,12H. The summed E-state index contributed by atoms with van der Waals surface area (Å²) in [6.07, 6.45) is -4.38. The first-order valence-electron chi connectivity index (χ1n) is 4.28. The van der Waals surface area contributed by atoms with Crippen LogP contribution in [-0.4, -0.2) is 16.9 Å². The molecule has 12 heavy (non-hydrogen) atoms. The zero-order valence-electron chi connectivity index (χ0n) is 6.05. The van der Waals surface area contributed by atoms with Crippen molar-refractivity contribution in [3.8, 4) is 0 Å². The number of hydrogen-bond donors (Lipinski definition) is 1. The Labute approximate surface area is 66.6 Å². The molecule has 4 heteroatoms. The molecule has 1 N–H and O–H groups in total. The lowest BCUT2D eigenvalue weighted by molar-refractivity contribution is -0.270. The fourth-order valence-corrected chi connectivity index (χ4v) is 4.33. The van der Waals surface area contributed by atoms with Gasteiger partial charge in [0.25, 0.3) is 0 Å². The molecule has 1 nitrogen and oxygen atoms in total. The molecule has 0 aliphatic heterocycles. The van der Waals surface area contributed by atoms with Crippen molar-refractivity contribution < 1.29 is 18.3 Å². The van der Waals surface area contributed by atoms with Gasteiger partial charge in [-0.25, -0.2) is 0 Å². The van der Waals surface area contributed by atoms with Crippen molar-refractivity contribution in [1.29, 1.82) is 0 Å². The highest BCUT2D eigenvalue weighted by Crippen LogP contribution is 2.96. The highest BCUT2D eigenvalue weighted by molar-refractivity contribution is 5.44. The predicted octanol–water partition coefficient (Wildman–Crippen LogP) is 1.03. The van der Waals surface area contributed by atoms with Gasteiger partial charge in [-0.15, -0.1) is 0 Å². The van der Waals surface area contributed by atoms with E-state index in [1.807, 2.05) is 0 Å². The molecular formula is C8H7F3O. The van der Waals surface area contributed by atoms with Crippen LogP contribution in [0, 0.1) is 35.5 Å². The first-order valence-corrected chi connectivity index (χ1v) is 4.28. The molecule has 0 unspecified atom stereocenters. The Hall–Kier alpha value is -0.250. The third-order valence-electron chi connectivity index (χ3n) is 4.63. The van der Waals surface area contributed by atoms with Crippen LogP contribution in [0.1, 0.15) is 0 Å². The molecule has 5 fully saturated rings. The van der Waals surface area contributed by atoms with E-state index in [0.29, 0.717) is 0 Å². The van der Waals surface area contributed by atoms with Gasteiger partial charge in [0, 0.05) is 11.8 Å². The molecule has 5 aliphatic rings. The van der Waals surface area contributed by atoms with Gasteiger partial charge in [0.1, 0.15) is 0 Å². The average Bonchev–Trinajstić information content (AvgIpc) is 2.56. The summed E-state index contributed by atoms with van der Waals surface area (Å²) in [6.45, 7) is 0. The molecule has 0 spiro atoms. The molecule has 0 aromatic heterocycles. The van der Waals surface area contributed by atoms with E-state index in [2.05, 4.69) is 0 Å². The summed E-state index contributed by atoms with van der Waals surface area (Å²) in [5.41, 5.74) is -2.27. The molecule has 0 amide bonds. The van der Waals surface area contributed by atoms with Gasteiger partial charge in [-0.05, 0) is 23.7 Å². The smallest absolute Gasteiger partial charge is 0.380 e. The Morgan fingerprint density at radius 3 is 1.42 bits per heavy atom. The third-order valence-corrected chi connectivity index (χ3v) is 4.63. The van der Waals surface area contributed by atoms with Gasteiger partial charge in [-0.1, -0.05) is 0 Å². The van der Waals surface area contributed by atoms with Crippen LogP contribution >= 0.6 is 0 Å². The van der Waals surface area contributed by atoms with Crippen molar-refractivity contribution in [1.82, 2.24) is 0 Å². The summed E-state index contributed by atoms with van der Waals surface area (Å²) in [7, 11) is 0. The Morgan fingerprint density at radius 2 is 1.25 bits per heavy atom. The predicted molar refractivity (Wildman–Crippen MR) is 31.9 cm³/mol. The van der Waals surface area contributed by atoms with E-state index in [4.69, 9.17) is 0 Å². The quantitative estimate of drug-likeness (QED) is 0.584. The minimum absolute atomic E-state index is 0.256. The van der Waals surface area contributed by atoms with Gasteiger partial charge in [0.05, 0.1) is 0 Å². The first-order chi connectivity index (χ1) is 5.49. The Morgan fingerprint density at radius 1 is 0.917 bits per heavy atom. The molecule has 5 saturated carbocycles. The topological polar surface area (TPSA) is 20.2 Å². The van der Waals surface area contributed by atoms with Gasteiger partial charge in [-0.3, -0.25) is 0 Å². The van der Waals surface area contributed by atoms with Crippen LogP contribution in [0.4, 0.5) is 13.2 Å². The molecule has 0 radical (unpaired) electrons. The van der Waals surface area contributed by atoms with Crippen LogP contribution in [0.2, 0.25) is 0 Å². The number of halogens is 3. The van der Waals surface area contributed by atoms with Crippen molar-refractivity contribution >= 4 is 0 Å². The van der Waals surface area contributed by atoms with Crippen LogP contribution in [-0.2, 0) is 0 Å². The Balaban J connectivity index is 1.86. The summed E-state index contributed by atoms with van der Waals surface area (Å²) in [5.74, 6) is 0.214. The molecule has 0 saturated heterocycles. The first kappa shape index (κ1) is 6.24. The summed E-state index contributed by atoms with van der Waals surface area (Å²) in [5, 5.41) is 9.54. The molecule has 0 heterocycles. The lowest BCUT2D eigenvalue weighted by atomic mass is 9.97. The van der Waals surface area contributed by atoms with E-state index in [-0.39, 0.29) is 23.7 Å². The van der Waals surface area contributed by atoms with E-state index in [1.165, 1.54) is 0 Å². The zero-order chi connectivity index (χ0) is 8.46. The second-order valence-corrected chi connectivity index (χ2v) is 4.68. The van der Waals surface area contributed by atoms with E-state index >= 15 is 0 Å². The highest BCUT2D eigenvalue weighted by Gasteiger charge is 3.00.